The van der Waals surface area contributed by atoms with Crippen LogP contribution in [-0.4, -0.2) is 62.3 Å². The summed E-state index contributed by atoms with van der Waals surface area (Å²) in [5, 5.41) is 2.73. The first-order chi connectivity index (χ1) is 11.1. The zero-order valence-electron chi connectivity index (χ0n) is 13.0. The molecule has 1 fully saturated rings. The number of nitrogens with one attached hydrogen (secondary N) is 1. The SMILES string of the molecule is C[C@H](NC(=O)c1ccc2c(c1)OCCO2)C(=O)N1CCOCC1. The van der Waals surface area contributed by atoms with Crippen molar-refractivity contribution in [2.24, 2.45) is 0 Å². The van der Waals surface area contributed by atoms with Gasteiger partial charge in [-0.05, 0) is 25.1 Å². The number of hydrogen-bond acceptors (Lipinski definition) is 5. The number of carbonyl (C=O) groups is 2. The third-order valence-electron chi connectivity index (χ3n) is 3.85. The van der Waals surface area contributed by atoms with Crippen molar-refractivity contribution >= 4 is 11.8 Å². The zero-order valence-corrected chi connectivity index (χ0v) is 13.0. The van der Waals surface area contributed by atoms with Gasteiger partial charge < -0.3 is 24.4 Å². The van der Waals surface area contributed by atoms with E-state index >= 15 is 0 Å². The molecule has 124 valence electrons. The van der Waals surface area contributed by atoms with Gasteiger partial charge in [-0.1, -0.05) is 0 Å². The summed E-state index contributed by atoms with van der Waals surface area (Å²) in [5.41, 5.74) is 0.441. The summed E-state index contributed by atoms with van der Waals surface area (Å²) in [6.45, 7) is 4.84. The van der Waals surface area contributed by atoms with Crippen molar-refractivity contribution in [3.8, 4) is 11.5 Å². The van der Waals surface area contributed by atoms with Crippen LogP contribution < -0.4 is 14.8 Å². The summed E-state index contributed by atoms with van der Waals surface area (Å²) in [6.07, 6.45) is 0. The number of nitrogens with zero attached hydrogens (tertiary/aromatic N) is 1. The number of amides is 2. The molecule has 3 rings (SSSR count). The van der Waals surface area contributed by atoms with E-state index in [1.54, 1.807) is 30.0 Å². The van der Waals surface area contributed by atoms with Gasteiger partial charge in [-0.3, -0.25) is 9.59 Å². The highest BCUT2D eigenvalue weighted by molar-refractivity contribution is 5.98. The van der Waals surface area contributed by atoms with E-state index in [0.29, 0.717) is 56.6 Å². The third-order valence-corrected chi connectivity index (χ3v) is 3.85. The molecule has 1 N–H and O–H groups in total. The summed E-state index contributed by atoms with van der Waals surface area (Å²) in [4.78, 5) is 26.3. The first-order valence-electron chi connectivity index (χ1n) is 7.72. The Hall–Kier alpha value is -2.28. The second-order valence-corrected chi connectivity index (χ2v) is 5.49. The molecule has 23 heavy (non-hydrogen) atoms. The van der Waals surface area contributed by atoms with Crippen LogP contribution in [-0.2, 0) is 9.53 Å². The Morgan fingerprint density at radius 2 is 1.78 bits per heavy atom. The van der Waals surface area contributed by atoms with Gasteiger partial charge >= 0.3 is 0 Å². The highest BCUT2D eigenvalue weighted by Crippen LogP contribution is 2.30. The molecule has 2 heterocycles. The molecular weight excluding hydrogens is 300 g/mol. The van der Waals surface area contributed by atoms with Gasteiger partial charge in [0.15, 0.2) is 11.5 Å². The number of ether oxygens (including phenoxy) is 3. The lowest BCUT2D eigenvalue weighted by Crippen LogP contribution is -2.50. The van der Waals surface area contributed by atoms with Crippen molar-refractivity contribution in [3.63, 3.8) is 0 Å². The highest BCUT2D eigenvalue weighted by atomic mass is 16.6. The fraction of sp³-hybridized carbons (Fsp3) is 0.500. The summed E-state index contributed by atoms with van der Waals surface area (Å²) >= 11 is 0. The zero-order chi connectivity index (χ0) is 16.2. The number of fused-ring (bicyclic) bond motifs is 1. The molecule has 1 aromatic carbocycles. The summed E-state index contributed by atoms with van der Waals surface area (Å²) in [6, 6.07) is 4.41. The van der Waals surface area contributed by atoms with Gasteiger partial charge in [0.25, 0.3) is 5.91 Å². The van der Waals surface area contributed by atoms with E-state index in [-0.39, 0.29) is 11.8 Å². The molecule has 1 aromatic rings. The van der Waals surface area contributed by atoms with Crippen LogP contribution in [0.15, 0.2) is 18.2 Å². The molecule has 1 atom stereocenters. The van der Waals surface area contributed by atoms with Crippen molar-refractivity contribution in [2.45, 2.75) is 13.0 Å². The van der Waals surface area contributed by atoms with Crippen molar-refractivity contribution < 1.29 is 23.8 Å². The van der Waals surface area contributed by atoms with E-state index in [4.69, 9.17) is 14.2 Å². The molecule has 0 bridgehead atoms. The predicted octanol–water partition coefficient (Wildman–Crippen LogP) is 0.435. The first-order valence-corrected chi connectivity index (χ1v) is 7.72. The van der Waals surface area contributed by atoms with Crippen LogP contribution in [0.4, 0.5) is 0 Å². The Morgan fingerprint density at radius 1 is 1.09 bits per heavy atom. The monoisotopic (exact) mass is 320 g/mol. The first kappa shape index (κ1) is 15.6. The average Bonchev–Trinajstić information content (AvgIpc) is 2.61. The van der Waals surface area contributed by atoms with E-state index in [2.05, 4.69) is 5.32 Å². The molecule has 7 nitrogen and oxygen atoms in total. The van der Waals surface area contributed by atoms with Crippen LogP contribution in [0.25, 0.3) is 0 Å². The molecule has 0 saturated carbocycles. The Morgan fingerprint density at radius 3 is 2.52 bits per heavy atom. The predicted molar refractivity (Wildman–Crippen MR) is 81.8 cm³/mol. The molecule has 0 spiro atoms. The molecule has 0 aromatic heterocycles. The van der Waals surface area contributed by atoms with E-state index < -0.39 is 6.04 Å². The molecule has 7 heteroatoms. The largest absolute Gasteiger partial charge is 0.486 e. The molecule has 2 aliphatic heterocycles. The lowest BCUT2D eigenvalue weighted by atomic mass is 10.1. The molecule has 0 aliphatic carbocycles. The number of carbonyl (C=O) groups excluding carboxylic acids is 2. The maximum Gasteiger partial charge on any atom is 0.252 e. The fourth-order valence-electron chi connectivity index (χ4n) is 2.58. The third kappa shape index (κ3) is 3.56. The number of morpholine rings is 1. The van der Waals surface area contributed by atoms with Gasteiger partial charge in [-0.15, -0.1) is 0 Å². The number of rotatable bonds is 3. The molecule has 2 aliphatic rings. The van der Waals surface area contributed by atoms with Gasteiger partial charge in [0.2, 0.25) is 5.91 Å². The second-order valence-electron chi connectivity index (χ2n) is 5.49. The van der Waals surface area contributed by atoms with E-state index in [1.807, 2.05) is 0 Å². The summed E-state index contributed by atoms with van der Waals surface area (Å²) in [7, 11) is 0. The standard InChI is InChI=1S/C16H20N2O5/c1-11(16(20)18-4-6-21-7-5-18)17-15(19)12-2-3-13-14(10-12)23-9-8-22-13/h2-3,10-11H,4-9H2,1H3,(H,17,19)/t11-/m0/s1. The van der Waals surface area contributed by atoms with Crippen LogP contribution in [0.1, 0.15) is 17.3 Å². The van der Waals surface area contributed by atoms with E-state index in [9.17, 15) is 9.59 Å². The van der Waals surface area contributed by atoms with E-state index in [1.165, 1.54) is 0 Å². The molecule has 0 radical (unpaired) electrons. The summed E-state index contributed by atoms with van der Waals surface area (Å²) in [5.74, 6) is 0.775. The van der Waals surface area contributed by atoms with Gasteiger partial charge in [0, 0.05) is 18.7 Å². The van der Waals surface area contributed by atoms with Gasteiger partial charge in [-0.25, -0.2) is 0 Å². The van der Waals surface area contributed by atoms with Gasteiger partial charge in [-0.2, -0.15) is 0 Å². The topological polar surface area (TPSA) is 77.1 Å². The minimum absolute atomic E-state index is 0.0980. The van der Waals surface area contributed by atoms with Crippen LogP contribution in [0, 0.1) is 0 Å². The molecular formula is C16H20N2O5. The quantitative estimate of drug-likeness (QED) is 0.874. The van der Waals surface area contributed by atoms with E-state index in [0.717, 1.165) is 0 Å². The lowest BCUT2D eigenvalue weighted by molar-refractivity contribution is -0.136. The number of hydrogen-bond donors (Lipinski definition) is 1. The molecule has 2 amide bonds. The van der Waals surface area contributed by atoms with Crippen LogP contribution in [0.5, 0.6) is 11.5 Å². The maximum absolute atomic E-state index is 12.3. The molecule has 1 saturated heterocycles. The van der Waals surface area contributed by atoms with Crippen molar-refractivity contribution in [2.75, 3.05) is 39.5 Å². The minimum Gasteiger partial charge on any atom is -0.486 e. The highest BCUT2D eigenvalue weighted by Gasteiger charge is 2.24. The normalized spacial score (nSPS) is 18.2. The van der Waals surface area contributed by atoms with Crippen LogP contribution in [0.2, 0.25) is 0 Å². The fourth-order valence-corrected chi connectivity index (χ4v) is 2.58. The van der Waals surface area contributed by atoms with Crippen LogP contribution >= 0.6 is 0 Å². The molecule has 0 unspecified atom stereocenters. The Labute approximate surface area is 134 Å². The Balaban J connectivity index is 1.62. The van der Waals surface area contributed by atoms with Crippen molar-refractivity contribution in [1.29, 1.82) is 0 Å². The second kappa shape index (κ2) is 6.87. The maximum atomic E-state index is 12.3. The lowest BCUT2D eigenvalue weighted by Gasteiger charge is -2.29. The Bertz CT molecular complexity index is 598. The summed E-state index contributed by atoms with van der Waals surface area (Å²) < 4.78 is 16.1. The van der Waals surface area contributed by atoms with Gasteiger partial charge in [0.1, 0.15) is 19.3 Å². The minimum atomic E-state index is -0.589. The van der Waals surface area contributed by atoms with Crippen molar-refractivity contribution in [1.82, 2.24) is 10.2 Å². The smallest absolute Gasteiger partial charge is 0.252 e. The average molecular weight is 320 g/mol. The van der Waals surface area contributed by atoms with Crippen LogP contribution in [0.3, 0.4) is 0 Å². The van der Waals surface area contributed by atoms with Gasteiger partial charge in [0.05, 0.1) is 13.2 Å². The number of benzene rings is 1. The Kier molecular flexibility index (Phi) is 4.66. The van der Waals surface area contributed by atoms with Crippen molar-refractivity contribution in [3.05, 3.63) is 23.8 Å².